The number of nitrogens with zero attached hydrogens (tertiary/aromatic N) is 3. The molecule has 0 spiro atoms. The third-order valence-electron chi connectivity index (χ3n) is 5.91. The number of rotatable bonds is 6. The summed E-state index contributed by atoms with van der Waals surface area (Å²) in [4.78, 5) is 18.8. The molecule has 0 unspecified atom stereocenters. The van der Waals surface area contributed by atoms with Crippen LogP contribution in [0.3, 0.4) is 0 Å². The molecule has 0 N–H and O–H groups in total. The predicted octanol–water partition coefficient (Wildman–Crippen LogP) is 4.53. The monoisotopic (exact) mass is 413 g/mol. The van der Waals surface area contributed by atoms with Crippen LogP contribution in [0.4, 0.5) is 4.39 Å². The molecular formula is C23H25ClFN3O. The zero-order valence-corrected chi connectivity index (χ0v) is 17.1. The number of aryl methyl sites for hydroxylation is 1. The molecule has 6 heteroatoms. The first-order valence-corrected chi connectivity index (χ1v) is 10.6. The fourth-order valence-electron chi connectivity index (χ4n) is 4.14. The van der Waals surface area contributed by atoms with Crippen LogP contribution in [0.15, 0.2) is 53.5 Å². The molecule has 2 aromatic heterocycles. The van der Waals surface area contributed by atoms with Gasteiger partial charge in [-0.15, -0.1) is 0 Å². The second kappa shape index (κ2) is 9.06. The van der Waals surface area contributed by atoms with E-state index in [0.717, 1.165) is 37.0 Å². The molecule has 29 heavy (non-hydrogen) atoms. The van der Waals surface area contributed by atoms with Crippen LogP contribution in [0.5, 0.6) is 0 Å². The zero-order chi connectivity index (χ0) is 20.2. The highest BCUT2D eigenvalue weighted by molar-refractivity contribution is 6.30. The maximum atomic E-state index is 13.6. The zero-order valence-electron chi connectivity index (χ0n) is 16.4. The third-order valence-corrected chi connectivity index (χ3v) is 6.16. The van der Waals surface area contributed by atoms with E-state index in [2.05, 4.69) is 22.0 Å². The quantitative estimate of drug-likeness (QED) is 0.595. The molecule has 4 rings (SSSR count). The number of piperidine rings is 1. The van der Waals surface area contributed by atoms with Gasteiger partial charge >= 0.3 is 0 Å². The molecule has 0 atom stereocenters. The van der Waals surface area contributed by atoms with E-state index in [1.807, 2.05) is 12.1 Å². The largest absolute Gasteiger partial charge is 0.305 e. The Morgan fingerprint density at radius 2 is 1.83 bits per heavy atom. The molecule has 0 aliphatic carbocycles. The van der Waals surface area contributed by atoms with Crippen LogP contribution >= 0.6 is 11.6 Å². The number of hydrogen-bond donors (Lipinski definition) is 0. The Morgan fingerprint density at radius 3 is 2.59 bits per heavy atom. The Kier molecular flexibility index (Phi) is 6.26. The number of pyridine rings is 2. The molecule has 3 aromatic rings. The van der Waals surface area contributed by atoms with Gasteiger partial charge in [0.05, 0.1) is 17.2 Å². The standard InChI is InChI=1S/C23H25ClFN3O/c24-19-5-3-17(4-6-19)1-2-18-9-11-27(12-10-18)13-14-28-22-15-20(25)16-26-21(22)7-8-23(28)29/h3-8,15-16,18H,1-2,9-14H2. The van der Waals surface area contributed by atoms with E-state index in [4.69, 9.17) is 11.6 Å². The lowest BCUT2D eigenvalue weighted by molar-refractivity contribution is 0.174. The summed E-state index contributed by atoms with van der Waals surface area (Å²) in [5.74, 6) is 0.318. The van der Waals surface area contributed by atoms with Gasteiger partial charge in [-0.2, -0.15) is 0 Å². The molecule has 1 aliphatic rings. The van der Waals surface area contributed by atoms with Crippen molar-refractivity contribution in [3.05, 3.63) is 75.4 Å². The van der Waals surface area contributed by atoms with Crippen molar-refractivity contribution in [1.82, 2.24) is 14.5 Å². The third kappa shape index (κ3) is 5.03. The summed E-state index contributed by atoms with van der Waals surface area (Å²) in [5, 5.41) is 0.783. The second-order valence-corrected chi connectivity index (χ2v) is 8.27. The van der Waals surface area contributed by atoms with Crippen molar-refractivity contribution in [3.63, 3.8) is 0 Å². The van der Waals surface area contributed by atoms with Gasteiger partial charge in [0, 0.05) is 30.2 Å². The summed E-state index contributed by atoms with van der Waals surface area (Å²) in [6.07, 6.45) is 5.82. The highest BCUT2D eigenvalue weighted by Crippen LogP contribution is 2.23. The van der Waals surface area contributed by atoms with Gasteiger partial charge < -0.3 is 9.47 Å². The van der Waals surface area contributed by atoms with E-state index >= 15 is 0 Å². The normalized spacial score (nSPS) is 15.8. The lowest BCUT2D eigenvalue weighted by Gasteiger charge is -2.32. The lowest BCUT2D eigenvalue weighted by atomic mass is 9.90. The van der Waals surface area contributed by atoms with Gasteiger partial charge in [-0.25, -0.2) is 4.39 Å². The first kappa shape index (κ1) is 20.0. The first-order valence-electron chi connectivity index (χ1n) is 10.2. The van der Waals surface area contributed by atoms with E-state index in [0.29, 0.717) is 17.6 Å². The summed E-state index contributed by atoms with van der Waals surface area (Å²) in [6.45, 7) is 3.42. The molecule has 0 radical (unpaired) electrons. The molecule has 152 valence electrons. The van der Waals surface area contributed by atoms with Crippen molar-refractivity contribution in [2.24, 2.45) is 5.92 Å². The van der Waals surface area contributed by atoms with Crippen LogP contribution in [0.1, 0.15) is 24.8 Å². The molecule has 1 fully saturated rings. The Labute approximate surface area is 174 Å². The van der Waals surface area contributed by atoms with Crippen LogP contribution in [-0.4, -0.2) is 34.1 Å². The molecule has 4 nitrogen and oxygen atoms in total. The van der Waals surface area contributed by atoms with Crippen molar-refractivity contribution < 1.29 is 4.39 Å². The number of likely N-dealkylation sites (tertiary alicyclic amines) is 1. The van der Waals surface area contributed by atoms with Crippen molar-refractivity contribution in [3.8, 4) is 0 Å². The SMILES string of the molecule is O=c1ccc2ncc(F)cc2n1CCN1CCC(CCc2ccc(Cl)cc2)CC1. The van der Waals surface area contributed by atoms with E-state index in [9.17, 15) is 9.18 Å². The van der Waals surface area contributed by atoms with E-state index < -0.39 is 5.82 Å². The predicted molar refractivity (Wildman–Crippen MR) is 115 cm³/mol. The molecular weight excluding hydrogens is 389 g/mol. The number of fused-ring (bicyclic) bond motifs is 1. The summed E-state index contributed by atoms with van der Waals surface area (Å²) < 4.78 is 15.2. The fraction of sp³-hybridized carbons (Fsp3) is 0.391. The first-order chi connectivity index (χ1) is 14.1. The van der Waals surface area contributed by atoms with Crippen molar-refractivity contribution in [2.75, 3.05) is 19.6 Å². The van der Waals surface area contributed by atoms with Gasteiger partial charge in [-0.1, -0.05) is 23.7 Å². The maximum Gasteiger partial charge on any atom is 0.251 e. The highest BCUT2D eigenvalue weighted by Gasteiger charge is 2.19. The van der Waals surface area contributed by atoms with E-state index in [1.54, 1.807) is 10.6 Å². The summed E-state index contributed by atoms with van der Waals surface area (Å²) in [5.41, 5.74) is 2.44. The van der Waals surface area contributed by atoms with Crippen LogP contribution in [-0.2, 0) is 13.0 Å². The van der Waals surface area contributed by atoms with E-state index in [1.165, 1.54) is 43.2 Å². The number of halogens is 2. The number of benzene rings is 1. The van der Waals surface area contributed by atoms with Crippen LogP contribution in [0, 0.1) is 11.7 Å². The average molecular weight is 414 g/mol. The number of aromatic nitrogens is 2. The molecule has 0 amide bonds. The van der Waals surface area contributed by atoms with Crippen LogP contribution < -0.4 is 5.56 Å². The Hall–Kier alpha value is -2.24. The second-order valence-electron chi connectivity index (χ2n) is 7.83. The average Bonchev–Trinajstić information content (AvgIpc) is 2.73. The molecule has 0 bridgehead atoms. The minimum Gasteiger partial charge on any atom is -0.305 e. The Balaban J connectivity index is 1.30. The minimum atomic E-state index is -0.418. The van der Waals surface area contributed by atoms with Gasteiger partial charge in [0.2, 0.25) is 0 Å². The van der Waals surface area contributed by atoms with E-state index in [-0.39, 0.29) is 5.56 Å². The minimum absolute atomic E-state index is 0.109. The lowest BCUT2D eigenvalue weighted by Crippen LogP contribution is -2.37. The fourth-order valence-corrected chi connectivity index (χ4v) is 4.26. The summed E-state index contributed by atoms with van der Waals surface area (Å²) in [6, 6.07) is 12.7. The summed E-state index contributed by atoms with van der Waals surface area (Å²) >= 11 is 5.95. The van der Waals surface area contributed by atoms with Crippen LogP contribution in [0.2, 0.25) is 5.02 Å². The van der Waals surface area contributed by atoms with Gasteiger partial charge in [0.15, 0.2) is 0 Å². The Bertz CT molecular complexity index is 1030. The molecule has 1 saturated heterocycles. The van der Waals surface area contributed by atoms with Gasteiger partial charge in [-0.05, 0) is 68.5 Å². The van der Waals surface area contributed by atoms with Crippen LogP contribution in [0.25, 0.3) is 11.0 Å². The molecule has 1 aromatic carbocycles. The smallest absolute Gasteiger partial charge is 0.251 e. The van der Waals surface area contributed by atoms with Gasteiger partial charge in [0.1, 0.15) is 5.82 Å². The molecule has 0 saturated carbocycles. The topological polar surface area (TPSA) is 38.1 Å². The van der Waals surface area contributed by atoms with Crippen molar-refractivity contribution in [2.45, 2.75) is 32.2 Å². The Morgan fingerprint density at radius 1 is 1.07 bits per heavy atom. The molecule has 1 aliphatic heterocycles. The van der Waals surface area contributed by atoms with Crippen molar-refractivity contribution >= 4 is 22.6 Å². The number of hydrogen-bond acceptors (Lipinski definition) is 3. The highest BCUT2D eigenvalue weighted by atomic mass is 35.5. The molecule has 3 heterocycles. The van der Waals surface area contributed by atoms with Crippen molar-refractivity contribution in [1.29, 1.82) is 0 Å². The maximum absolute atomic E-state index is 13.6. The van der Waals surface area contributed by atoms with Gasteiger partial charge in [-0.3, -0.25) is 9.78 Å². The summed E-state index contributed by atoms with van der Waals surface area (Å²) in [7, 11) is 0. The van der Waals surface area contributed by atoms with Gasteiger partial charge in [0.25, 0.3) is 5.56 Å².